The first kappa shape index (κ1) is 14.8. The second kappa shape index (κ2) is 6.74. The van der Waals surface area contributed by atoms with E-state index in [0.717, 1.165) is 11.3 Å². The van der Waals surface area contributed by atoms with E-state index in [1.165, 1.54) is 0 Å². The normalized spacial score (nSPS) is 11.7. The van der Waals surface area contributed by atoms with Gasteiger partial charge in [0.25, 0.3) is 5.91 Å². The average Bonchev–Trinajstić information content (AvgIpc) is 2.50. The smallest absolute Gasteiger partial charge is 0.251 e. The molecule has 2 rings (SSSR count). The van der Waals surface area contributed by atoms with Crippen LogP contribution in [0, 0.1) is 0 Å². The molecule has 1 aromatic heterocycles. The summed E-state index contributed by atoms with van der Waals surface area (Å²) in [6.45, 7) is 4.52. The molecular weight excluding hydrogens is 264 g/mol. The zero-order valence-electron chi connectivity index (χ0n) is 12.3. The van der Waals surface area contributed by atoms with Crippen molar-refractivity contribution in [1.82, 2.24) is 10.3 Å². The van der Waals surface area contributed by atoms with Crippen molar-refractivity contribution in [1.29, 1.82) is 0 Å². The Balaban J connectivity index is 2.19. The Morgan fingerprint density at radius 3 is 2.67 bits per heavy atom. The van der Waals surface area contributed by atoms with Crippen molar-refractivity contribution in [3.05, 3.63) is 53.9 Å². The van der Waals surface area contributed by atoms with Crippen LogP contribution >= 0.6 is 0 Å². The lowest BCUT2D eigenvalue weighted by atomic mass is 10.1. The molecule has 5 heteroatoms. The van der Waals surface area contributed by atoms with Gasteiger partial charge in [0.15, 0.2) is 0 Å². The van der Waals surface area contributed by atoms with Gasteiger partial charge >= 0.3 is 0 Å². The first-order valence-electron chi connectivity index (χ1n) is 6.96. The SMILES string of the molecule is CCNC(=O)c1ccc(N)c(NC(C)c2ccncc2)c1. The maximum absolute atomic E-state index is 11.9. The quantitative estimate of drug-likeness (QED) is 0.737. The number of nitrogens with two attached hydrogens (primary N) is 1. The van der Waals surface area contributed by atoms with Crippen LogP contribution in [0.2, 0.25) is 0 Å². The van der Waals surface area contributed by atoms with Gasteiger partial charge < -0.3 is 16.4 Å². The van der Waals surface area contributed by atoms with E-state index in [0.29, 0.717) is 17.8 Å². The molecule has 110 valence electrons. The van der Waals surface area contributed by atoms with Gasteiger partial charge in [-0.05, 0) is 49.7 Å². The zero-order valence-corrected chi connectivity index (χ0v) is 12.3. The third-order valence-corrected chi connectivity index (χ3v) is 3.23. The molecule has 0 fully saturated rings. The first-order chi connectivity index (χ1) is 10.1. The van der Waals surface area contributed by atoms with Crippen molar-refractivity contribution in [2.75, 3.05) is 17.6 Å². The number of hydrogen-bond donors (Lipinski definition) is 3. The number of carbonyl (C=O) groups excluding carboxylic acids is 1. The lowest BCUT2D eigenvalue weighted by Gasteiger charge is -2.17. The number of carbonyl (C=O) groups is 1. The number of nitrogens with one attached hydrogen (secondary N) is 2. The summed E-state index contributed by atoms with van der Waals surface area (Å²) in [5.41, 5.74) is 9.05. The fourth-order valence-corrected chi connectivity index (χ4v) is 2.05. The number of pyridine rings is 1. The van der Waals surface area contributed by atoms with Crippen LogP contribution in [0.1, 0.15) is 35.8 Å². The van der Waals surface area contributed by atoms with E-state index in [9.17, 15) is 4.79 Å². The Kier molecular flexibility index (Phi) is 4.77. The number of amides is 1. The van der Waals surface area contributed by atoms with Gasteiger partial charge in [-0.1, -0.05) is 0 Å². The van der Waals surface area contributed by atoms with Crippen molar-refractivity contribution in [3.8, 4) is 0 Å². The lowest BCUT2D eigenvalue weighted by molar-refractivity contribution is 0.0956. The van der Waals surface area contributed by atoms with E-state index < -0.39 is 0 Å². The molecule has 1 heterocycles. The molecule has 5 nitrogen and oxygen atoms in total. The lowest BCUT2D eigenvalue weighted by Crippen LogP contribution is -2.22. The van der Waals surface area contributed by atoms with Crippen LogP contribution in [0.4, 0.5) is 11.4 Å². The van der Waals surface area contributed by atoms with Crippen molar-refractivity contribution >= 4 is 17.3 Å². The molecule has 0 saturated heterocycles. The van der Waals surface area contributed by atoms with Gasteiger partial charge in [-0.15, -0.1) is 0 Å². The number of nitrogens with zero attached hydrogens (tertiary/aromatic N) is 1. The van der Waals surface area contributed by atoms with Crippen molar-refractivity contribution in [2.24, 2.45) is 0 Å². The summed E-state index contributed by atoms with van der Waals surface area (Å²) in [6.07, 6.45) is 3.50. The second-order valence-electron chi connectivity index (χ2n) is 4.81. The average molecular weight is 284 g/mol. The predicted octanol–water partition coefficient (Wildman–Crippen LogP) is 2.59. The number of aromatic nitrogens is 1. The van der Waals surface area contributed by atoms with Gasteiger partial charge in [0.2, 0.25) is 0 Å². The summed E-state index contributed by atoms with van der Waals surface area (Å²) in [7, 11) is 0. The molecule has 0 spiro atoms. The van der Waals surface area contributed by atoms with E-state index in [2.05, 4.69) is 15.6 Å². The van der Waals surface area contributed by atoms with Gasteiger partial charge in [0.05, 0.1) is 11.4 Å². The number of anilines is 2. The molecule has 0 bridgehead atoms. The fraction of sp³-hybridized carbons (Fsp3) is 0.250. The molecule has 4 N–H and O–H groups in total. The van der Waals surface area contributed by atoms with Crippen LogP contribution in [-0.2, 0) is 0 Å². The van der Waals surface area contributed by atoms with Gasteiger partial charge in [-0.3, -0.25) is 9.78 Å². The highest BCUT2D eigenvalue weighted by Gasteiger charge is 2.10. The minimum Gasteiger partial charge on any atom is -0.397 e. The molecule has 0 aliphatic heterocycles. The second-order valence-corrected chi connectivity index (χ2v) is 4.81. The highest BCUT2D eigenvalue weighted by molar-refractivity contribution is 5.96. The van der Waals surface area contributed by atoms with Crippen LogP contribution in [-0.4, -0.2) is 17.4 Å². The third kappa shape index (κ3) is 3.72. The largest absolute Gasteiger partial charge is 0.397 e. The molecule has 1 amide bonds. The standard InChI is InChI=1S/C16H20N4O/c1-3-19-16(21)13-4-5-14(17)15(10-13)20-11(2)12-6-8-18-9-7-12/h4-11,20H,3,17H2,1-2H3,(H,19,21). The van der Waals surface area contributed by atoms with E-state index in [-0.39, 0.29) is 11.9 Å². The van der Waals surface area contributed by atoms with Crippen LogP contribution in [0.25, 0.3) is 0 Å². The molecule has 0 radical (unpaired) electrons. The van der Waals surface area contributed by atoms with E-state index in [4.69, 9.17) is 5.73 Å². The zero-order chi connectivity index (χ0) is 15.2. The maximum Gasteiger partial charge on any atom is 0.251 e. The summed E-state index contributed by atoms with van der Waals surface area (Å²) in [6, 6.07) is 9.20. The van der Waals surface area contributed by atoms with Crippen molar-refractivity contribution in [3.63, 3.8) is 0 Å². The fourth-order valence-electron chi connectivity index (χ4n) is 2.05. The van der Waals surface area contributed by atoms with Gasteiger partial charge in [0.1, 0.15) is 0 Å². The summed E-state index contributed by atoms with van der Waals surface area (Å²) in [4.78, 5) is 15.9. The summed E-state index contributed by atoms with van der Waals surface area (Å²) < 4.78 is 0. The Bertz CT molecular complexity index is 613. The van der Waals surface area contributed by atoms with E-state index in [1.807, 2.05) is 26.0 Å². The molecule has 1 atom stereocenters. The third-order valence-electron chi connectivity index (χ3n) is 3.23. The Morgan fingerprint density at radius 2 is 2.00 bits per heavy atom. The molecule has 21 heavy (non-hydrogen) atoms. The van der Waals surface area contributed by atoms with Crippen molar-refractivity contribution < 1.29 is 4.79 Å². The maximum atomic E-state index is 11.9. The van der Waals surface area contributed by atoms with Gasteiger partial charge in [-0.2, -0.15) is 0 Å². The Hall–Kier alpha value is -2.56. The molecule has 0 aliphatic rings. The van der Waals surface area contributed by atoms with Crippen LogP contribution < -0.4 is 16.4 Å². The van der Waals surface area contributed by atoms with Gasteiger partial charge in [0, 0.05) is 30.5 Å². The van der Waals surface area contributed by atoms with Crippen LogP contribution in [0.5, 0.6) is 0 Å². The van der Waals surface area contributed by atoms with Crippen molar-refractivity contribution in [2.45, 2.75) is 19.9 Å². The molecule has 1 aromatic carbocycles. The molecule has 0 saturated carbocycles. The predicted molar refractivity (Wildman–Crippen MR) is 85.1 cm³/mol. The first-order valence-corrected chi connectivity index (χ1v) is 6.96. The minimum atomic E-state index is -0.0999. The highest BCUT2D eigenvalue weighted by Crippen LogP contribution is 2.25. The van der Waals surface area contributed by atoms with Gasteiger partial charge in [-0.25, -0.2) is 0 Å². The number of nitrogen functional groups attached to an aromatic ring is 1. The summed E-state index contributed by atoms with van der Waals surface area (Å²) >= 11 is 0. The Morgan fingerprint density at radius 1 is 1.29 bits per heavy atom. The molecule has 1 unspecified atom stereocenters. The van der Waals surface area contributed by atoms with E-state index in [1.54, 1.807) is 30.6 Å². The topological polar surface area (TPSA) is 80.0 Å². The van der Waals surface area contributed by atoms with E-state index >= 15 is 0 Å². The Labute approximate surface area is 124 Å². The highest BCUT2D eigenvalue weighted by atomic mass is 16.1. The molecule has 2 aromatic rings. The molecule has 0 aliphatic carbocycles. The number of rotatable bonds is 5. The monoisotopic (exact) mass is 284 g/mol. The summed E-state index contributed by atoms with van der Waals surface area (Å²) in [5, 5.41) is 6.11. The van der Waals surface area contributed by atoms with Crippen LogP contribution in [0.3, 0.4) is 0 Å². The minimum absolute atomic E-state index is 0.0692. The number of benzene rings is 1. The number of hydrogen-bond acceptors (Lipinski definition) is 4. The summed E-state index contributed by atoms with van der Waals surface area (Å²) in [5.74, 6) is -0.0999. The molecular formula is C16H20N4O. The van der Waals surface area contributed by atoms with Crippen LogP contribution in [0.15, 0.2) is 42.7 Å².